The van der Waals surface area contributed by atoms with Crippen LogP contribution in [0.15, 0.2) is 59.7 Å². The first-order valence-electron chi connectivity index (χ1n) is 7.92. The molecule has 7 nitrogen and oxygen atoms in total. The van der Waals surface area contributed by atoms with Crippen LogP contribution in [0, 0.1) is 0 Å². The van der Waals surface area contributed by atoms with Crippen LogP contribution < -0.4 is 10.9 Å². The number of para-hydroxylation sites is 2. The van der Waals surface area contributed by atoms with Crippen molar-refractivity contribution in [1.29, 1.82) is 0 Å². The van der Waals surface area contributed by atoms with Crippen molar-refractivity contribution in [2.24, 2.45) is 0 Å². The largest absolute Gasteiger partial charge is 0.310 e. The molecule has 1 N–H and O–H groups in total. The van der Waals surface area contributed by atoms with Gasteiger partial charge >= 0.3 is 0 Å². The summed E-state index contributed by atoms with van der Waals surface area (Å²) in [6.07, 6.45) is 2.88. The highest BCUT2D eigenvalue weighted by molar-refractivity contribution is 6.03. The highest BCUT2D eigenvalue weighted by atomic mass is 16.2. The molecule has 1 aromatic carbocycles. The zero-order valence-electron chi connectivity index (χ0n) is 13.5. The van der Waals surface area contributed by atoms with Crippen LogP contribution in [0.25, 0.3) is 16.7 Å². The summed E-state index contributed by atoms with van der Waals surface area (Å²) in [5.74, 6) is -0.119. The van der Waals surface area contributed by atoms with Gasteiger partial charge in [-0.05, 0) is 31.2 Å². The number of aromatic nitrogens is 4. The van der Waals surface area contributed by atoms with Crippen molar-refractivity contribution in [3.05, 3.63) is 70.8 Å². The first-order chi connectivity index (χ1) is 12.2. The van der Waals surface area contributed by atoms with Crippen LogP contribution in [-0.4, -0.2) is 24.8 Å². The van der Waals surface area contributed by atoms with Crippen LogP contribution in [0.1, 0.15) is 17.3 Å². The molecule has 4 rings (SSSR count). The number of nitrogens with zero attached hydrogens (tertiary/aromatic N) is 4. The molecule has 0 aliphatic carbocycles. The van der Waals surface area contributed by atoms with Crippen molar-refractivity contribution >= 4 is 28.5 Å². The van der Waals surface area contributed by atoms with Crippen molar-refractivity contribution in [2.75, 3.05) is 5.32 Å². The predicted octanol–water partition coefficient (Wildman–Crippen LogP) is 2.32. The summed E-state index contributed by atoms with van der Waals surface area (Å²) >= 11 is 0. The second-order valence-corrected chi connectivity index (χ2v) is 5.53. The Morgan fingerprint density at radius 1 is 1.16 bits per heavy atom. The Hall–Kier alpha value is -3.48. The molecule has 0 fully saturated rings. The second kappa shape index (κ2) is 5.86. The minimum absolute atomic E-state index is 0.0293. The van der Waals surface area contributed by atoms with Crippen molar-refractivity contribution in [3.8, 4) is 0 Å². The number of pyridine rings is 1. The molecule has 0 bridgehead atoms. The topological polar surface area (TPSA) is 81.3 Å². The summed E-state index contributed by atoms with van der Waals surface area (Å²) in [6, 6.07) is 12.8. The number of hydrogen-bond donors (Lipinski definition) is 1. The normalized spacial score (nSPS) is 11.1. The van der Waals surface area contributed by atoms with Gasteiger partial charge in [-0.15, -0.1) is 0 Å². The number of fused-ring (bicyclic) bond motifs is 2. The van der Waals surface area contributed by atoms with Crippen LogP contribution in [0.5, 0.6) is 0 Å². The van der Waals surface area contributed by atoms with Gasteiger partial charge in [-0.3, -0.25) is 19.3 Å². The highest BCUT2D eigenvalue weighted by Gasteiger charge is 2.17. The molecule has 1 amide bonds. The predicted molar refractivity (Wildman–Crippen MR) is 94.8 cm³/mol. The molecule has 0 spiro atoms. The van der Waals surface area contributed by atoms with E-state index in [-0.39, 0.29) is 5.56 Å². The van der Waals surface area contributed by atoms with Crippen molar-refractivity contribution in [3.63, 3.8) is 0 Å². The van der Waals surface area contributed by atoms with Gasteiger partial charge < -0.3 is 4.57 Å². The molecule has 124 valence electrons. The van der Waals surface area contributed by atoms with Crippen LogP contribution in [-0.2, 0) is 6.54 Å². The van der Waals surface area contributed by atoms with Crippen LogP contribution in [0.4, 0.5) is 5.95 Å². The molecule has 0 saturated carbocycles. The average molecular weight is 333 g/mol. The molecule has 3 heterocycles. The van der Waals surface area contributed by atoms with Crippen molar-refractivity contribution in [2.45, 2.75) is 13.5 Å². The van der Waals surface area contributed by atoms with Gasteiger partial charge in [0.1, 0.15) is 11.2 Å². The van der Waals surface area contributed by atoms with Crippen LogP contribution in [0.3, 0.4) is 0 Å². The fourth-order valence-corrected chi connectivity index (χ4v) is 2.84. The Kier molecular flexibility index (Phi) is 3.53. The van der Waals surface area contributed by atoms with Gasteiger partial charge in [0.15, 0.2) is 0 Å². The first-order valence-corrected chi connectivity index (χ1v) is 7.92. The van der Waals surface area contributed by atoms with E-state index in [0.717, 1.165) is 11.0 Å². The summed E-state index contributed by atoms with van der Waals surface area (Å²) in [5.41, 5.74) is 1.76. The van der Waals surface area contributed by atoms with E-state index in [4.69, 9.17) is 0 Å². The number of nitrogens with one attached hydrogen (secondary N) is 1. The molecule has 25 heavy (non-hydrogen) atoms. The number of hydrogen-bond acceptors (Lipinski definition) is 4. The van der Waals surface area contributed by atoms with Crippen molar-refractivity contribution in [1.82, 2.24) is 18.9 Å². The minimum Gasteiger partial charge on any atom is -0.310 e. The number of rotatable bonds is 3. The lowest BCUT2D eigenvalue weighted by molar-refractivity contribution is 0.102. The molecule has 0 aliphatic rings. The number of aryl methyl sites for hydroxylation is 1. The molecular weight excluding hydrogens is 318 g/mol. The molecule has 4 aromatic rings. The van der Waals surface area contributed by atoms with E-state index in [2.05, 4.69) is 15.3 Å². The van der Waals surface area contributed by atoms with E-state index in [1.54, 1.807) is 24.4 Å². The third-order valence-electron chi connectivity index (χ3n) is 4.05. The summed E-state index contributed by atoms with van der Waals surface area (Å²) in [6.45, 7) is 2.61. The highest BCUT2D eigenvalue weighted by Crippen LogP contribution is 2.19. The second-order valence-electron chi connectivity index (χ2n) is 5.53. The lowest BCUT2D eigenvalue weighted by Gasteiger charge is -2.08. The number of carbonyl (C=O) groups excluding carboxylic acids is 1. The number of carbonyl (C=O) groups is 1. The summed E-state index contributed by atoms with van der Waals surface area (Å²) in [4.78, 5) is 33.7. The van der Waals surface area contributed by atoms with E-state index >= 15 is 0 Å². The zero-order valence-corrected chi connectivity index (χ0v) is 13.5. The quantitative estimate of drug-likeness (QED) is 0.624. The standard InChI is InChI=1S/C18H15N5O2/c1-2-22-14-8-4-3-7-13(14)20-18(22)21-16(24)12-11-19-15-9-5-6-10-23(15)17(12)25/h3-11H,2H2,1H3,(H,20,21,24). The molecular formula is C18H15N5O2. The monoisotopic (exact) mass is 333 g/mol. The van der Waals surface area contributed by atoms with Gasteiger partial charge in [0.2, 0.25) is 5.95 Å². The van der Waals surface area contributed by atoms with E-state index in [0.29, 0.717) is 18.1 Å². The number of anilines is 1. The Morgan fingerprint density at radius 2 is 1.96 bits per heavy atom. The van der Waals surface area contributed by atoms with Gasteiger partial charge in [-0.25, -0.2) is 9.97 Å². The molecule has 0 unspecified atom stereocenters. The Bertz CT molecular complexity index is 1160. The summed E-state index contributed by atoms with van der Waals surface area (Å²) < 4.78 is 3.23. The lowest BCUT2D eigenvalue weighted by Crippen LogP contribution is -2.27. The molecule has 7 heteroatoms. The third-order valence-corrected chi connectivity index (χ3v) is 4.05. The van der Waals surface area contributed by atoms with Gasteiger partial charge in [0.25, 0.3) is 11.5 Å². The summed E-state index contributed by atoms with van der Waals surface area (Å²) in [7, 11) is 0. The summed E-state index contributed by atoms with van der Waals surface area (Å²) in [5, 5.41) is 2.73. The Morgan fingerprint density at radius 3 is 2.80 bits per heavy atom. The number of imidazole rings is 1. The Labute approximate surface area is 142 Å². The van der Waals surface area contributed by atoms with Crippen LogP contribution >= 0.6 is 0 Å². The average Bonchev–Trinajstić information content (AvgIpc) is 2.99. The maximum Gasteiger partial charge on any atom is 0.270 e. The van der Waals surface area contributed by atoms with Gasteiger partial charge in [-0.1, -0.05) is 18.2 Å². The van der Waals surface area contributed by atoms with E-state index in [1.165, 1.54) is 10.6 Å². The smallest absolute Gasteiger partial charge is 0.270 e. The minimum atomic E-state index is -0.527. The SMILES string of the molecule is CCn1c(NC(=O)c2cnc3ccccn3c2=O)nc2ccccc21. The molecule has 0 saturated heterocycles. The maximum absolute atomic E-state index is 12.6. The lowest BCUT2D eigenvalue weighted by atomic mass is 10.3. The van der Waals surface area contributed by atoms with Gasteiger partial charge in [-0.2, -0.15) is 0 Å². The van der Waals surface area contributed by atoms with Gasteiger partial charge in [0, 0.05) is 18.9 Å². The number of benzene rings is 1. The molecule has 0 aliphatic heterocycles. The maximum atomic E-state index is 12.6. The molecule has 3 aromatic heterocycles. The van der Waals surface area contributed by atoms with E-state index in [1.807, 2.05) is 35.8 Å². The molecule has 0 radical (unpaired) electrons. The molecule has 0 atom stereocenters. The fraction of sp³-hybridized carbons (Fsp3) is 0.111. The van der Waals surface area contributed by atoms with Crippen LogP contribution in [0.2, 0.25) is 0 Å². The number of amides is 1. The van der Waals surface area contributed by atoms with Gasteiger partial charge in [0.05, 0.1) is 11.0 Å². The van der Waals surface area contributed by atoms with E-state index < -0.39 is 11.5 Å². The van der Waals surface area contributed by atoms with E-state index in [9.17, 15) is 9.59 Å². The zero-order chi connectivity index (χ0) is 17.4. The first kappa shape index (κ1) is 15.1. The fourth-order valence-electron chi connectivity index (χ4n) is 2.84. The van der Waals surface area contributed by atoms with Crippen molar-refractivity contribution < 1.29 is 4.79 Å². The Balaban J connectivity index is 1.76. The third kappa shape index (κ3) is 2.46.